The zero-order valence-corrected chi connectivity index (χ0v) is 14.2. The summed E-state index contributed by atoms with van der Waals surface area (Å²) in [6.45, 7) is 2.07. The molecule has 0 radical (unpaired) electrons. The Bertz CT molecular complexity index is 635. The summed E-state index contributed by atoms with van der Waals surface area (Å²) in [4.78, 5) is 13.0. The molecule has 6 heteroatoms. The number of hydrogen-bond donors (Lipinski definition) is 1. The maximum absolute atomic E-state index is 13.0. The number of aryl methyl sites for hydroxylation is 1. The second-order valence-electron chi connectivity index (χ2n) is 6.75. The summed E-state index contributed by atoms with van der Waals surface area (Å²) in [6, 6.07) is 10.5. The first-order valence-electron chi connectivity index (χ1n) is 8.79. The summed E-state index contributed by atoms with van der Waals surface area (Å²) in [6.07, 6.45) is 8.28. The van der Waals surface area contributed by atoms with E-state index in [-0.39, 0.29) is 11.9 Å². The Morgan fingerprint density at radius 3 is 2.67 bits per heavy atom. The number of tetrazole rings is 1. The monoisotopic (exact) mass is 327 g/mol. The molecule has 1 heterocycles. The Morgan fingerprint density at radius 2 is 2.00 bits per heavy atom. The fourth-order valence-electron chi connectivity index (χ4n) is 3.51. The lowest BCUT2D eigenvalue weighted by Crippen LogP contribution is -2.52. The second kappa shape index (κ2) is 7.55. The van der Waals surface area contributed by atoms with Crippen LogP contribution in [0.3, 0.4) is 0 Å². The minimum atomic E-state index is -0.622. The van der Waals surface area contributed by atoms with Gasteiger partial charge in [-0.1, -0.05) is 49.6 Å². The van der Waals surface area contributed by atoms with E-state index in [9.17, 15) is 4.79 Å². The number of amides is 1. The van der Waals surface area contributed by atoms with Crippen LogP contribution < -0.4 is 5.32 Å². The molecule has 1 aliphatic rings. The highest BCUT2D eigenvalue weighted by molar-refractivity contribution is 5.84. The van der Waals surface area contributed by atoms with E-state index in [2.05, 4.69) is 39.9 Å². The molecule has 1 aliphatic carbocycles. The van der Waals surface area contributed by atoms with Crippen molar-refractivity contribution in [2.45, 2.75) is 63.5 Å². The molecule has 1 aromatic carbocycles. The number of rotatable bonds is 6. The summed E-state index contributed by atoms with van der Waals surface area (Å²) in [5, 5.41) is 14.7. The van der Waals surface area contributed by atoms with E-state index in [0.29, 0.717) is 0 Å². The smallest absolute Gasteiger partial charge is 0.248 e. The zero-order valence-electron chi connectivity index (χ0n) is 14.2. The Balaban J connectivity index is 1.63. The van der Waals surface area contributed by atoms with Gasteiger partial charge >= 0.3 is 0 Å². The van der Waals surface area contributed by atoms with Crippen LogP contribution in [-0.4, -0.2) is 32.2 Å². The van der Waals surface area contributed by atoms with Gasteiger partial charge < -0.3 is 5.32 Å². The minimum absolute atomic E-state index is 0.0510. The standard InChI is InChI=1S/C18H25N5O/c1-15(10-11-16-8-4-2-5-9-16)20-17(24)18(12-6-3-7-13-18)23-14-19-21-22-23/h2,4-5,8-9,14-15H,3,6-7,10-13H2,1H3,(H,20,24). The number of nitrogens with zero attached hydrogens (tertiary/aromatic N) is 4. The molecule has 2 aromatic rings. The number of benzene rings is 1. The average molecular weight is 327 g/mol. The Morgan fingerprint density at radius 1 is 1.25 bits per heavy atom. The SMILES string of the molecule is CC(CCc1ccccc1)NC(=O)C1(n2cnnn2)CCCCC1. The Kier molecular flexibility index (Phi) is 5.23. The van der Waals surface area contributed by atoms with Crippen LogP contribution in [0.25, 0.3) is 0 Å². The largest absolute Gasteiger partial charge is 0.352 e. The van der Waals surface area contributed by atoms with Crippen molar-refractivity contribution < 1.29 is 4.79 Å². The number of carbonyl (C=O) groups excluding carboxylic acids is 1. The van der Waals surface area contributed by atoms with Crippen molar-refractivity contribution in [1.82, 2.24) is 25.5 Å². The molecular formula is C18H25N5O. The third kappa shape index (κ3) is 3.63. The predicted octanol–water partition coefficient (Wildman–Crippen LogP) is 2.47. The van der Waals surface area contributed by atoms with Gasteiger partial charge in [0.1, 0.15) is 11.9 Å². The van der Waals surface area contributed by atoms with Crippen molar-refractivity contribution in [3.63, 3.8) is 0 Å². The molecule has 3 rings (SSSR count). The second-order valence-corrected chi connectivity index (χ2v) is 6.75. The van der Waals surface area contributed by atoms with E-state index in [1.54, 1.807) is 11.0 Å². The zero-order chi connectivity index (χ0) is 16.8. The van der Waals surface area contributed by atoms with Crippen LogP contribution in [0.1, 0.15) is 51.0 Å². The molecule has 1 unspecified atom stereocenters. The minimum Gasteiger partial charge on any atom is -0.352 e. The summed E-state index contributed by atoms with van der Waals surface area (Å²) in [5.74, 6) is 0.0510. The maximum Gasteiger partial charge on any atom is 0.248 e. The van der Waals surface area contributed by atoms with Gasteiger partial charge in [0.15, 0.2) is 0 Å². The fraction of sp³-hybridized carbons (Fsp3) is 0.556. The normalized spacial score (nSPS) is 18.0. The lowest BCUT2D eigenvalue weighted by Gasteiger charge is -2.36. The van der Waals surface area contributed by atoms with Gasteiger partial charge in [0.2, 0.25) is 5.91 Å². The molecule has 0 bridgehead atoms. The van der Waals surface area contributed by atoms with Crippen molar-refractivity contribution in [2.75, 3.05) is 0 Å². The van der Waals surface area contributed by atoms with Crippen molar-refractivity contribution >= 4 is 5.91 Å². The molecule has 24 heavy (non-hydrogen) atoms. The van der Waals surface area contributed by atoms with Gasteiger partial charge in [-0.3, -0.25) is 4.79 Å². The quantitative estimate of drug-likeness (QED) is 0.884. The van der Waals surface area contributed by atoms with E-state index in [4.69, 9.17) is 0 Å². The van der Waals surface area contributed by atoms with Crippen LogP contribution in [0.2, 0.25) is 0 Å². The highest BCUT2D eigenvalue weighted by atomic mass is 16.2. The van der Waals surface area contributed by atoms with E-state index in [0.717, 1.165) is 38.5 Å². The van der Waals surface area contributed by atoms with Crippen LogP contribution in [0, 0.1) is 0 Å². The first-order valence-corrected chi connectivity index (χ1v) is 8.79. The van der Waals surface area contributed by atoms with Crippen molar-refractivity contribution in [3.8, 4) is 0 Å². The molecule has 0 spiro atoms. The summed E-state index contributed by atoms with van der Waals surface area (Å²) in [5.41, 5.74) is 0.675. The maximum atomic E-state index is 13.0. The van der Waals surface area contributed by atoms with E-state index in [1.807, 2.05) is 18.2 Å². The number of hydrogen-bond acceptors (Lipinski definition) is 4. The number of carbonyl (C=O) groups is 1. The van der Waals surface area contributed by atoms with Gasteiger partial charge in [0.25, 0.3) is 0 Å². The van der Waals surface area contributed by atoms with E-state index in [1.165, 1.54) is 12.0 Å². The molecule has 6 nitrogen and oxygen atoms in total. The molecule has 0 saturated heterocycles. The van der Waals surface area contributed by atoms with Gasteiger partial charge in [-0.25, -0.2) is 4.68 Å². The van der Waals surface area contributed by atoms with E-state index >= 15 is 0 Å². The van der Waals surface area contributed by atoms with Gasteiger partial charge in [0.05, 0.1) is 0 Å². The van der Waals surface area contributed by atoms with Crippen LogP contribution in [0.15, 0.2) is 36.7 Å². The summed E-state index contributed by atoms with van der Waals surface area (Å²) in [7, 11) is 0. The van der Waals surface area contributed by atoms with E-state index < -0.39 is 5.54 Å². The van der Waals surface area contributed by atoms with Crippen LogP contribution in [-0.2, 0) is 16.8 Å². The van der Waals surface area contributed by atoms with Crippen molar-refractivity contribution in [1.29, 1.82) is 0 Å². The van der Waals surface area contributed by atoms with Gasteiger partial charge in [-0.15, -0.1) is 5.10 Å². The molecule has 1 saturated carbocycles. The highest BCUT2D eigenvalue weighted by Crippen LogP contribution is 2.34. The van der Waals surface area contributed by atoms with Crippen LogP contribution >= 0.6 is 0 Å². The van der Waals surface area contributed by atoms with Gasteiger partial charge in [0, 0.05) is 6.04 Å². The van der Waals surface area contributed by atoms with Crippen molar-refractivity contribution in [3.05, 3.63) is 42.2 Å². The van der Waals surface area contributed by atoms with Gasteiger partial charge in [-0.05, 0) is 48.6 Å². The predicted molar refractivity (Wildman–Crippen MR) is 91.2 cm³/mol. The third-order valence-corrected chi connectivity index (χ3v) is 4.98. The molecule has 1 aromatic heterocycles. The lowest BCUT2D eigenvalue weighted by molar-refractivity contribution is -0.133. The Labute approximate surface area is 142 Å². The Hall–Kier alpha value is -2.24. The highest BCUT2D eigenvalue weighted by Gasteiger charge is 2.42. The number of aromatic nitrogens is 4. The van der Waals surface area contributed by atoms with Gasteiger partial charge in [-0.2, -0.15) is 0 Å². The molecule has 128 valence electrons. The topological polar surface area (TPSA) is 72.7 Å². The fourth-order valence-corrected chi connectivity index (χ4v) is 3.51. The first kappa shape index (κ1) is 16.6. The van der Waals surface area contributed by atoms with Crippen LogP contribution in [0.4, 0.5) is 0 Å². The average Bonchev–Trinajstić information content (AvgIpc) is 3.16. The van der Waals surface area contributed by atoms with Crippen molar-refractivity contribution in [2.24, 2.45) is 0 Å². The lowest BCUT2D eigenvalue weighted by atomic mass is 9.80. The molecule has 1 amide bonds. The third-order valence-electron chi connectivity index (χ3n) is 4.98. The molecule has 0 aliphatic heterocycles. The molecule has 1 N–H and O–H groups in total. The molecular weight excluding hydrogens is 302 g/mol. The number of nitrogens with one attached hydrogen (secondary N) is 1. The van der Waals surface area contributed by atoms with Crippen LogP contribution in [0.5, 0.6) is 0 Å². The molecule has 1 atom stereocenters. The first-order chi connectivity index (χ1) is 11.7. The molecule has 1 fully saturated rings. The summed E-state index contributed by atoms with van der Waals surface area (Å²) < 4.78 is 1.66. The summed E-state index contributed by atoms with van der Waals surface area (Å²) >= 11 is 0.